The predicted molar refractivity (Wildman–Crippen MR) is 150 cm³/mol. The van der Waals surface area contributed by atoms with Gasteiger partial charge in [-0.05, 0) is 44.3 Å². The summed E-state index contributed by atoms with van der Waals surface area (Å²) in [6.07, 6.45) is 37.1. The first-order valence-electron chi connectivity index (χ1n) is 14.4. The van der Waals surface area contributed by atoms with E-state index in [1.165, 1.54) is 44.9 Å². The van der Waals surface area contributed by atoms with Gasteiger partial charge in [-0.2, -0.15) is 0 Å². The molecule has 2 amide bonds. The van der Waals surface area contributed by atoms with E-state index in [4.69, 9.17) is 4.74 Å². The van der Waals surface area contributed by atoms with Gasteiger partial charge in [0, 0.05) is 17.0 Å². The van der Waals surface area contributed by atoms with Gasteiger partial charge in [-0.25, -0.2) is 0 Å². The van der Waals surface area contributed by atoms with Crippen molar-refractivity contribution in [2.45, 2.75) is 101 Å². The minimum absolute atomic E-state index is 0.0212. The molecule has 5 rings (SSSR count). The van der Waals surface area contributed by atoms with Crippen LogP contribution in [0.5, 0.6) is 0 Å². The van der Waals surface area contributed by atoms with E-state index in [1.54, 1.807) is 0 Å². The lowest BCUT2D eigenvalue weighted by Crippen LogP contribution is -2.84. The number of amides is 2. The van der Waals surface area contributed by atoms with Gasteiger partial charge in [-0.15, -0.1) is 0 Å². The Kier molecular flexibility index (Phi) is 10.0. The van der Waals surface area contributed by atoms with Crippen molar-refractivity contribution in [2.75, 3.05) is 6.61 Å². The number of nitrogens with one attached hydrogen (secondary N) is 2. The SMILES string of the molecule is O=C(COC1=C\C=C/C=C\C=C/C=C\C=C1)NC12CC(NC(=O)C3CCCCCCCCCCC3)(C1)C2. The highest BCUT2D eigenvalue weighted by Crippen LogP contribution is 2.60. The molecule has 0 aromatic rings. The molecule has 2 bridgehead atoms. The summed E-state index contributed by atoms with van der Waals surface area (Å²) in [4.78, 5) is 25.8. The zero-order valence-electron chi connectivity index (χ0n) is 22.3. The van der Waals surface area contributed by atoms with Crippen molar-refractivity contribution in [1.82, 2.24) is 10.6 Å². The Hall–Kier alpha value is -2.82. The van der Waals surface area contributed by atoms with Gasteiger partial charge < -0.3 is 15.4 Å². The van der Waals surface area contributed by atoms with Gasteiger partial charge in [0.25, 0.3) is 5.91 Å². The topological polar surface area (TPSA) is 67.4 Å². The van der Waals surface area contributed by atoms with E-state index < -0.39 is 0 Å². The van der Waals surface area contributed by atoms with Gasteiger partial charge in [0.15, 0.2) is 6.61 Å². The number of allylic oxidation sites excluding steroid dienone is 11. The van der Waals surface area contributed by atoms with Crippen molar-refractivity contribution in [3.8, 4) is 0 Å². The van der Waals surface area contributed by atoms with Crippen LogP contribution in [0.4, 0.5) is 0 Å². The molecule has 200 valence electrons. The maximum Gasteiger partial charge on any atom is 0.258 e. The maximum atomic E-state index is 13.1. The number of carbonyl (C=O) groups is 2. The highest BCUT2D eigenvalue weighted by atomic mass is 16.5. The average molecular weight is 505 g/mol. The minimum atomic E-state index is -0.170. The molecule has 4 fully saturated rings. The maximum absolute atomic E-state index is 13.1. The largest absolute Gasteiger partial charge is 0.484 e. The van der Waals surface area contributed by atoms with Crippen LogP contribution >= 0.6 is 0 Å². The van der Waals surface area contributed by atoms with Crippen molar-refractivity contribution in [1.29, 1.82) is 0 Å². The Balaban J connectivity index is 1.19. The molecule has 5 heteroatoms. The first-order chi connectivity index (χ1) is 18.1. The van der Waals surface area contributed by atoms with Crippen LogP contribution in [-0.4, -0.2) is 29.5 Å². The quantitative estimate of drug-likeness (QED) is 0.433. The third kappa shape index (κ3) is 8.34. The lowest BCUT2D eigenvalue weighted by molar-refractivity contribution is -0.153. The fraction of sp³-hybridized carbons (Fsp3) is 0.562. The van der Waals surface area contributed by atoms with Gasteiger partial charge in [-0.1, -0.05) is 112 Å². The number of rotatable bonds is 6. The van der Waals surface area contributed by atoms with E-state index in [0.717, 1.165) is 44.9 Å². The summed E-state index contributed by atoms with van der Waals surface area (Å²) < 4.78 is 5.77. The van der Waals surface area contributed by atoms with Crippen molar-refractivity contribution < 1.29 is 14.3 Å². The molecule has 0 radical (unpaired) electrons. The predicted octanol–water partition coefficient (Wildman–Crippen LogP) is 6.51. The molecular formula is C32H44N2O3. The highest BCUT2D eigenvalue weighted by molar-refractivity contribution is 5.82. The second kappa shape index (κ2) is 13.6. The van der Waals surface area contributed by atoms with Gasteiger partial charge in [0.2, 0.25) is 5.91 Å². The molecule has 0 spiro atoms. The summed E-state index contributed by atoms with van der Waals surface area (Å²) in [5.74, 6) is 0.915. The van der Waals surface area contributed by atoms with Crippen LogP contribution in [0.2, 0.25) is 0 Å². The summed E-state index contributed by atoms with van der Waals surface area (Å²) >= 11 is 0. The third-order valence-corrected chi connectivity index (χ3v) is 8.08. The lowest BCUT2D eigenvalue weighted by atomic mass is 9.44. The summed E-state index contributed by atoms with van der Waals surface area (Å²) in [6.45, 7) is -0.0212. The molecule has 5 nitrogen and oxygen atoms in total. The van der Waals surface area contributed by atoms with E-state index >= 15 is 0 Å². The van der Waals surface area contributed by atoms with Crippen molar-refractivity contribution in [3.63, 3.8) is 0 Å². The Labute approximate surface area is 222 Å². The summed E-state index contributed by atoms with van der Waals surface area (Å²) in [5.41, 5.74) is -0.274. The standard InChI is InChI=1S/C32H44N2O3/c35-29(23-37-28-21-17-13-9-5-2-6-10-14-18-22-28)33-31-24-32(25-31,26-31)34-30(36)27-19-15-11-7-3-1-4-8-12-16-20-27/h2,5-6,9-10,13-14,17-18,21-22,27H,1,3-4,7-8,11-12,15-16,19-20,23-26H2,(H,33,35)(H,34,36)/b5-2-,6-2?,9-5?,10-6-,13-9-,14-10?,17-13?,18-14-,21-17?,22-18?,28-21?,28-22?. The Morgan fingerprint density at radius 1 is 0.676 bits per heavy atom. The fourth-order valence-corrected chi connectivity index (χ4v) is 6.22. The molecule has 0 aromatic carbocycles. The molecule has 5 aliphatic rings. The van der Waals surface area contributed by atoms with Crippen LogP contribution in [0.1, 0.15) is 89.9 Å². The molecule has 0 heterocycles. The second-order valence-corrected chi connectivity index (χ2v) is 11.3. The van der Waals surface area contributed by atoms with Crippen molar-refractivity contribution in [3.05, 3.63) is 72.6 Å². The second-order valence-electron chi connectivity index (χ2n) is 11.3. The van der Waals surface area contributed by atoms with Crippen LogP contribution in [0.25, 0.3) is 0 Å². The number of carbonyl (C=O) groups excluding carboxylic acids is 2. The van der Waals surface area contributed by atoms with Gasteiger partial charge >= 0.3 is 0 Å². The molecule has 0 aliphatic heterocycles. The number of hydrogen-bond donors (Lipinski definition) is 2. The van der Waals surface area contributed by atoms with Crippen molar-refractivity contribution >= 4 is 11.8 Å². The normalized spacial score (nSPS) is 32.2. The molecule has 4 saturated carbocycles. The fourth-order valence-electron chi connectivity index (χ4n) is 6.22. The van der Waals surface area contributed by atoms with Crippen LogP contribution in [0.15, 0.2) is 72.6 Å². The smallest absolute Gasteiger partial charge is 0.258 e. The Bertz CT molecular complexity index is 937. The monoisotopic (exact) mass is 504 g/mol. The summed E-state index contributed by atoms with van der Waals surface area (Å²) in [6, 6.07) is 0. The molecule has 0 saturated heterocycles. The molecule has 2 N–H and O–H groups in total. The lowest BCUT2D eigenvalue weighted by Gasteiger charge is -2.70. The molecule has 0 aromatic heterocycles. The summed E-state index contributed by atoms with van der Waals surface area (Å²) in [7, 11) is 0. The average Bonchev–Trinajstić information content (AvgIpc) is 2.82. The van der Waals surface area contributed by atoms with E-state index in [0.29, 0.717) is 5.76 Å². The van der Waals surface area contributed by atoms with Crippen LogP contribution in [0, 0.1) is 5.92 Å². The first kappa shape index (κ1) is 27.2. The van der Waals surface area contributed by atoms with Gasteiger partial charge in [0.05, 0.1) is 0 Å². The highest BCUT2D eigenvalue weighted by Gasteiger charge is 2.69. The molecular weight excluding hydrogens is 460 g/mol. The van der Waals surface area contributed by atoms with Crippen LogP contribution in [-0.2, 0) is 14.3 Å². The van der Waals surface area contributed by atoms with E-state index in [2.05, 4.69) is 10.6 Å². The van der Waals surface area contributed by atoms with E-state index in [9.17, 15) is 9.59 Å². The molecule has 5 aliphatic carbocycles. The Morgan fingerprint density at radius 2 is 1.16 bits per heavy atom. The molecule has 37 heavy (non-hydrogen) atoms. The first-order valence-corrected chi connectivity index (χ1v) is 14.4. The summed E-state index contributed by atoms with van der Waals surface area (Å²) in [5, 5.41) is 6.56. The number of ether oxygens (including phenoxy) is 1. The van der Waals surface area contributed by atoms with Crippen LogP contribution in [0.3, 0.4) is 0 Å². The minimum Gasteiger partial charge on any atom is -0.484 e. The number of hydrogen-bond acceptors (Lipinski definition) is 3. The van der Waals surface area contributed by atoms with E-state index in [-0.39, 0.29) is 35.4 Å². The molecule has 0 unspecified atom stereocenters. The molecule has 0 atom stereocenters. The van der Waals surface area contributed by atoms with Crippen molar-refractivity contribution in [2.24, 2.45) is 5.92 Å². The van der Waals surface area contributed by atoms with Crippen LogP contribution < -0.4 is 10.6 Å². The zero-order chi connectivity index (χ0) is 25.8. The zero-order valence-corrected chi connectivity index (χ0v) is 22.3. The van der Waals surface area contributed by atoms with Gasteiger partial charge in [0.1, 0.15) is 5.76 Å². The third-order valence-electron chi connectivity index (χ3n) is 8.08. The van der Waals surface area contributed by atoms with E-state index in [1.807, 2.05) is 66.8 Å². The Morgan fingerprint density at radius 3 is 1.76 bits per heavy atom. The van der Waals surface area contributed by atoms with Gasteiger partial charge in [-0.3, -0.25) is 9.59 Å².